The molecule has 0 bridgehead atoms. The summed E-state index contributed by atoms with van der Waals surface area (Å²) < 4.78 is 0. The standard InChI is InChI=1S/C15H22O2S/c1-10(8-16)9-18-13(4)15(17)14-6-5-11(2)12(3)7-14/h5-7,10,13,16H,8-9H2,1-4H3. The van der Waals surface area contributed by atoms with Crippen LogP contribution in [-0.4, -0.2) is 28.5 Å². The van der Waals surface area contributed by atoms with Gasteiger partial charge >= 0.3 is 0 Å². The van der Waals surface area contributed by atoms with E-state index in [1.807, 2.05) is 45.9 Å². The van der Waals surface area contributed by atoms with E-state index in [-0.39, 0.29) is 23.6 Å². The van der Waals surface area contributed by atoms with Gasteiger partial charge in [0.25, 0.3) is 0 Å². The highest BCUT2D eigenvalue weighted by atomic mass is 32.2. The highest BCUT2D eigenvalue weighted by molar-refractivity contribution is 8.00. The van der Waals surface area contributed by atoms with Gasteiger partial charge in [-0.1, -0.05) is 19.1 Å². The van der Waals surface area contributed by atoms with E-state index in [0.717, 1.165) is 16.9 Å². The second-order valence-corrected chi connectivity index (χ2v) is 6.30. The molecule has 0 saturated heterocycles. The van der Waals surface area contributed by atoms with Crippen LogP contribution in [0.5, 0.6) is 0 Å². The molecule has 2 unspecified atom stereocenters. The van der Waals surface area contributed by atoms with Crippen LogP contribution in [0.1, 0.15) is 35.3 Å². The van der Waals surface area contributed by atoms with Crippen molar-refractivity contribution in [1.29, 1.82) is 0 Å². The van der Waals surface area contributed by atoms with Crippen molar-refractivity contribution < 1.29 is 9.90 Å². The van der Waals surface area contributed by atoms with Crippen LogP contribution in [0.15, 0.2) is 18.2 Å². The minimum Gasteiger partial charge on any atom is -0.396 e. The average Bonchev–Trinajstić information content (AvgIpc) is 2.37. The molecule has 1 rings (SSSR count). The molecular weight excluding hydrogens is 244 g/mol. The van der Waals surface area contributed by atoms with Gasteiger partial charge in [0, 0.05) is 12.2 Å². The average molecular weight is 266 g/mol. The largest absolute Gasteiger partial charge is 0.396 e. The SMILES string of the molecule is Cc1ccc(C(=O)C(C)SCC(C)CO)cc1C. The van der Waals surface area contributed by atoms with Crippen LogP contribution in [0.2, 0.25) is 0 Å². The van der Waals surface area contributed by atoms with Crippen molar-refractivity contribution in [1.82, 2.24) is 0 Å². The van der Waals surface area contributed by atoms with Gasteiger partial charge < -0.3 is 5.11 Å². The zero-order chi connectivity index (χ0) is 13.7. The number of ketones is 1. The molecule has 0 aliphatic carbocycles. The van der Waals surface area contributed by atoms with Gasteiger partial charge in [0.05, 0.1) is 5.25 Å². The maximum atomic E-state index is 12.2. The molecule has 0 heterocycles. The summed E-state index contributed by atoms with van der Waals surface area (Å²) in [6, 6.07) is 5.86. The molecule has 100 valence electrons. The minimum atomic E-state index is -0.0545. The Morgan fingerprint density at radius 2 is 1.94 bits per heavy atom. The predicted octanol–water partition coefficient (Wildman–Crippen LogP) is 3.24. The number of aryl methyl sites for hydroxylation is 2. The molecule has 0 saturated carbocycles. The lowest BCUT2D eigenvalue weighted by Crippen LogP contribution is -2.16. The second-order valence-electron chi connectivity index (χ2n) is 4.93. The molecule has 0 aliphatic rings. The number of Topliss-reactive ketones (excluding diaryl/α,β-unsaturated/α-hetero) is 1. The van der Waals surface area contributed by atoms with Crippen LogP contribution in [0.4, 0.5) is 0 Å². The van der Waals surface area contributed by atoms with Crippen LogP contribution < -0.4 is 0 Å². The van der Waals surface area contributed by atoms with Crippen molar-refractivity contribution >= 4 is 17.5 Å². The van der Waals surface area contributed by atoms with Crippen molar-refractivity contribution in [2.24, 2.45) is 5.92 Å². The van der Waals surface area contributed by atoms with Gasteiger partial charge in [0.15, 0.2) is 5.78 Å². The lowest BCUT2D eigenvalue weighted by atomic mass is 10.0. The molecule has 18 heavy (non-hydrogen) atoms. The Balaban J connectivity index is 2.65. The summed E-state index contributed by atoms with van der Waals surface area (Å²) in [6.07, 6.45) is 0. The Labute approximate surface area is 114 Å². The smallest absolute Gasteiger partial charge is 0.175 e. The van der Waals surface area contributed by atoms with Crippen LogP contribution >= 0.6 is 11.8 Å². The normalized spacial score (nSPS) is 14.3. The van der Waals surface area contributed by atoms with E-state index in [0.29, 0.717) is 0 Å². The number of aliphatic hydroxyl groups excluding tert-OH is 1. The Morgan fingerprint density at radius 3 is 2.50 bits per heavy atom. The molecule has 0 spiro atoms. The lowest BCUT2D eigenvalue weighted by Gasteiger charge is -2.13. The third kappa shape index (κ3) is 4.14. The Morgan fingerprint density at radius 1 is 1.28 bits per heavy atom. The molecule has 0 aliphatic heterocycles. The van der Waals surface area contributed by atoms with E-state index in [9.17, 15) is 4.79 Å². The van der Waals surface area contributed by atoms with E-state index in [1.54, 1.807) is 11.8 Å². The van der Waals surface area contributed by atoms with Gasteiger partial charge in [-0.3, -0.25) is 4.79 Å². The molecule has 1 N–H and O–H groups in total. The summed E-state index contributed by atoms with van der Waals surface area (Å²) in [7, 11) is 0. The summed E-state index contributed by atoms with van der Waals surface area (Å²) in [5.41, 5.74) is 3.15. The fourth-order valence-electron chi connectivity index (χ4n) is 1.57. The summed E-state index contributed by atoms with van der Waals surface area (Å²) in [5, 5.41) is 8.92. The molecule has 0 aromatic heterocycles. The molecule has 3 heteroatoms. The first kappa shape index (κ1) is 15.3. The number of carbonyl (C=O) groups is 1. The summed E-state index contributed by atoms with van der Waals surface area (Å²) in [6.45, 7) is 8.17. The lowest BCUT2D eigenvalue weighted by molar-refractivity contribution is 0.0993. The second kappa shape index (κ2) is 6.95. The summed E-state index contributed by atoms with van der Waals surface area (Å²) in [5.74, 6) is 1.23. The van der Waals surface area contributed by atoms with Crippen molar-refractivity contribution in [3.8, 4) is 0 Å². The Kier molecular flexibility index (Phi) is 5.89. The van der Waals surface area contributed by atoms with Crippen LogP contribution in [0.25, 0.3) is 0 Å². The van der Waals surface area contributed by atoms with Crippen molar-refractivity contribution in [2.45, 2.75) is 32.9 Å². The third-order valence-corrected chi connectivity index (χ3v) is 4.58. The van der Waals surface area contributed by atoms with Gasteiger partial charge in [0.2, 0.25) is 0 Å². The number of thioether (sulfide) groups is 1. The summed E-state index contributed by atoms with van der Waals surface area (Å²) in [4.78, 5) is 12.2. The van der Waals surface area contributed by atoms with E-state index < -0.39 is 0 Å². The van der Waals surface area contributed by atoms with E-state index >= 15 is 0 Å². The number of rotatable bonds is 6. The fraction of sp³-hybridized carbons (Fsp3) is 0.533. The van der Waals surface area contributed by atoms with Crippen molar-refractivity contribution in [3.05, 3.63) is 34.9 Å². The van der Waals surface area contributed by atoms with E-state index in [4.69, 9.17) is 5.11 Å². The number of aliphatic hydroxyl groups is 1. The molecule has 0 radical (unpaired) electrons. The minimum absolute atomic E-state index is 0.0545. The quantitative estimate of drug-likeness (QED) is 0.803. The highest BCUT2D eigenvalue weighted by Gasteiger charge is 2.17. The van der Waals surface area contributed by atoms with Crippen LogP contribution in [-0.2, 0) is 0 Å². The molecule has 1 aromatic rings. The first-order valence-corrected chi connectivity index (χ1v) is 7.34. The monoisotopic (exact) mass is 266 g/mol. The molecule has 0 fully saturated rings. The fourth-order valence-corrected chi connectivity index (χ4v) is 2.58. The zero-order valence-corrected chi connectivity index (χ0v) is 12.4. The molecule has 0 amide bonds. The maximum absolute atomic E-state index is 12.2. The van der Waals surface area contributed by atoms with Gasteiger partial charge in [0.1, 0.15) is 0 Å². The van der Waals surface area contributed by atoms with Crippen LogP contribution in [0.3, 0.4) is 0 Å². The first-order chi connectivity index (χ1) is 8.45. The van der Waals surface area contributed by atoms with Crippen LogP contribution in [0, 0.1) is 19.8 Å². The third-order valence-electron chi connectivity index (χ3n) is 3.10. The number of hydrogen-bond donors (Lipinski definition) is 1. The topological polar surface area (TPSA) is 37.3 Å². The van der Waals surface area contributed by atoms with Gasteiger partial charge in [-0.25, -0.2) is 0 Å². The molecular formula is C15H22O2S. The maximum Gasteiger partial charge on any atom is 0.175 e. The Bertz CT molecular complexity index is 415. The molecule has 2 atom stereocenters. The number of carbonyl (C=O) groups excluding carboxylic acids is 1. The Hall–Kier alpha value is -0.800. The summed E-state index contributed by atoms with van der Waals surface area (Å²) >= 11 is 1.61. The van der Waals surface area contributed by atoms with E-state index in [1.165, 1.54) is 5.56 Å². The molecule has 2 nitrogen and oxygen atoms in total. The van der Waals surface area contributed by atoms with Gasteiger partial charge in [-0.2, -0.15) is 11.8 Å². The zero-order valence-electron chi connectivity index (χ0n) is 11.6. The van der Waals surface area contributed by atoms with Gasteiger partial charge in [-0.05, 0) is 49.6 Å². The van der Waals surface area contributed by atoms with Crippen molar-refractivity contribution in [3.63, 3.8) is 0 Å². The number of hydrogen-bond acceptors (Lipinski definition) is 3. The van der Waals surface area contributed by atoms with E-state index in [2.05, 4.69) is 0 Å². The van der Waals surface area contributed by atoms with Crippen molar-refractivity contribution in [2.75, 3.05) is 12.4 Å². The first-order valence-electron chi connectivity index (χ1n) is 6.29. The highest BCUT2D eigenvalue weighted by Crippen LogP contribution is 2.20. The van der Waals surface area contributed by atoms with Gasteiger partial charge in [-0.15, -0.1) is 0 Å². The molecule has 1 aromatic carbocycles. The number of benzene rings is 1. The predicted molar refractivity (Wildman–Crippen MR) is 78.4 cm³/mol.